The van der Waals surface area contributed by atoms with Crippen molar-refractivity contribution in [2.45, 2.75) is 58.4 Å². The number of hydrogen-bond donors (Lipinski definition) is 0. The number of azo groups is 1. The van der Waals surface area contributed by atoms with Crippen LogP contribution < -0.4 is 14.7 Å². The molecule has 2 heterocycles. The highest BCUT2D eigenvalue weighted by Gasteiger charge is 2.33. The number of para-hydroxylation sites is 1. The summed E-state index contributed by atoms with van der Waals surface area (Å²) in [6.07, 6.45) is 8.78. The number of unbranched alkanes of at least 4 members (excludes halogenated alkanes) is 2. The smallest absolute Gasteiger partial charge is 0.333 e. The van der Waals surface area contributed by atoms with Crippen LogP contribution in [0.5, 0.6) is 0 Å². The molecule has 6 rings (SSSR count). The maximum atomic E-state index is 12.0. The lowest BCUT2D eigenvalue weighted by atomic mass is 9.97. The standard InChI is InChI=1S/C39H43N7O4/c1-4-44(5-2)32-20-22-34-36(27-32)45(31-12-8-6-9-13-31)35-26-29(17-21-33(35)40-34)42-41-28-15-18-30(19-16-28)43(3)25-11-7-10-14-39(49)50-46-37(47)23-24-38(46)48/h6,8-9,12-13,15-22,26-27,35H,4-5,7,10-11,14,23-25H2,1-3H3. The van der Waals surface area contributed by atoms with Gasteiger partial charge in [-0.1, -0.05) is 24.6 Å². The molecule has 3 aromatic carbocycles. The second-order valence-electron chi connectivity index (χ2n) is 12.5. The number of fused-ring (bicyclic) bond motifs is 2. The first-order chi connectivity index (χ1) is 24.3. The van der Waals surface area contributed by atoms with Gasteiger partial charge in [0, 0.05) is 63.0 Å². The number of hydrogen-bond acceptors (Lipinski definition) is 10. The molecule has 11 nitrogen and oxygen atoms in total. The molecule has 0 bridgehead atoms. The minimum absolute atomic E-state index is 0.0941. The molecule has 0 radical (unpaired) electrons. The Hall–Kier alpha value is -5.58. The van der Waals surface area contributed by atoms with Gasteiger partial charge in [-0.2, -0.15) is 10.2 Å². The molecule has 0 saturated carbocycles. The summed E-state index contributed by atoms with van der Waals surface area (Å²) in [7, 11) is 2.03. The van der Waals surface area contributed by atoms with Crippen molar-refractivity contribution in [3.05, 3.63) is 96.7 Å². The van der Waals surface area contributed by atoms with Gasteiger partial charge in [0.05, 0.1) is 34.5 Å². The number of nitrogens with zero attached hydrogens (tertiary/aromatic N) is 7. The van der Waals surface area contributed by atoms with Crippen LogP contribution in [0.3, 0.4) is 0 Å². The maximum absolute atomic E-state index is 12.0. The fraction of sp³-hybridized carbons (Fsp3) is 0.333. The highest BCUT2D eigenvalue weighted by molar-refractivity contribution is 6.10. The van der Waals surface area contributed by atoms with E-state index in [-0.39, 0.29) is 25.3 Å². The van der Waals surface area contributed by atoms with E-state index in [9.17, 15) is 14.4 Å². The Labute approximate surface area is 293 Å². The molecule has 0 spiro atoms. The van der Waals surface area contributed by atoms with Gasteiger partial charge >= 0.3 is 5.97 Å². The molecule has 2 amide bonds. The Morgan fingerprint density at radius 1 is 0.880 bits per heavy atom. The topological polar surface area (TPSA) is 110 Å². The van der Waals surface area contributed by atoms with Crippen molar-refractivity contribution in [1.29, 1.82) is 0 Å². The quantitative estimate of drug-likeness (QED) is 0.0970. The van der Waals surface area contributed by atoms with E-state index in [1.54, 1.807) is 0 Å². The number of rotatable bonds is 14. The van der Waals surface area contributed by atoms with E-state index in [0.29, 0.717) is 11.5 Å². The minimum atomic E-state index is -0.554. The molecule has 1 saturated heterocycles. The van der Waals surface area contributed by atoms with Crippen molar-refractivity contribution < 1.29 is 19.2 Å². The summed E-state index contributed by atoms with van der Waals surface area (Å²) in [5.41, 5.74) is 7.79. The van der Waals surface area contributed by atoms with Crippen molar-refractivity contribution >= 4 is 57.6 Å². The van der Waals surface area contributed by atoms with Gasteiger partial charge in [-0.05, 0) is 99.5 Å². The van der Waals surface area contributed by atoms with Crippen molar-refractivity contribution in [3.63, 3.8) is 0 Å². The van der Waals surface area contributed by atoms with E-state index < -0.39 is 17.8 Å². The summed E-state index contributed by atoms with van der Waals surface area (Å²) < 4.78 is 0. The monoisotopic (exact) mass is 673 g/mol. The molecular formula is C39H43N7O4. The van der Waals surface area contributed by atoms with Gasteiger partial charge in [0.2, 0.25) is 0 Å². The van der Waals surface area contributed by atoms with Crippen LogP contribution in [0.4, 0.5) is 34.1 Å². The zero-order chi connectivity index (χ0) is 35.0. The first-order valence-corrected chi connectivity index (χ1v) is 17.4. The van der Waals surface area contributed by atoms with Crippen LogP contribution >= 0.6 is 0 Å². The average Bonchev–Trinajstić information content (AvgIpc) is 3.45. The normalized spacial score (nSPS) is 16.7. The lowest BCUT2D eigenvalue weighted by Gasteiger charge is -2.38. The van der Waals surface area contributed by atoms with E-state index in [0.717, 1.165) is 72.3 Å². The number of benzene rings is 3. The van der Waals surface area contributed by atoms with Crippen LogP contribution in [0, 0.1) is 0 Å². The van der Waals surface area contributed by atoms with Gasteiger partial charge in [0.25, 0.3) is 11.8 Å². The number of carbonyl (C=O) groups is 3. The maximum Gasteiger partial charge on any atom is 0.333 e. The zero-order valence-corrected chi connectivity index (χ0v) is 28.9. The first kappa shape index (κ1) is 34.3. The molecule has 1 fully saturated rings. The van der Waals surface area contributed by atoms with Gasteiger partial charge in [-0.15, -0.1) is 5.06 Å². The van der Waals surface area contributed by atoms with Crippen molar-refractivity contribution in [1.82, 2.24) is 5.06 Å². The Kier molecular flexibility index (Phi) is 10.8. The molecule has 1 unspecified atom stereocenters. The molecule has 50 heavy (non-hydrogen) atoms. The summed E-state index contributed by atoms with van der Waals surface area (Å²) in [5, 5.41) is 9.77. The molecule has 3 aromatic rings. The van der Waals surface area contributed by atoms with Gasteiger partial charge in [0.1, 0.15) is 0 Å². The SMILES string of the molecule is CCN(CC)c1ccc2c(c1)N(c1ccccc1)C1C=C(N=Nc3ccc(N(C)CCCCCC(=O)ON4C(=O)CCC4=O)cc3)C=CC1=N2. The molecule has 258 valence electrons. The summed E-state index contributed by atoms with van der Waals surface area (Å²) in [4.78, 5) is 52.0. The molecule has 0 N–H and O–H groups in total. The second-order valence-corrected chi connectivity index (χ2v) is 12.5. The fourth-order valence-corrected chi connectivity index (χ4v) is 6.33. The number of anilines is 4. The second kappa shape index (κ2) is 15.8. The third kappa shape index (κ3) is 7.83. The number of carbonyl (C=O) groups excluding carboxylic acids is 3. The van der Waals surface area contributed by atoms with Gasteiger partial charge in [-0.25, -0.2) is 9.79 Å². The van der Waals surface area contributed by atoms with Crippen molar-refractivity contribution in [3.8, 4) is 0 Å². The number of hydroxylamine groups is 2. The predicted molar refractivity (Wildman–Crippen MR) is 197 cm³/mol. The first-order valence-electron chi connectivity index (χ1n) is 17.4. The summed E-state index contributed by atoms with van der Waals surface area (Å²) >= 11 is 0. The Bertz CT molecular complexity index is 1810. The Morgan fingerprint density at radius 3 is 2.32 bits per heavy atom. The number of allylic oxidation sites excluding steroid dienone is 1. The minimum Gasteiger partial charge on any atom is -0.375 e. The highest BCUT2D eigenvalue weighted by Crippen LogP contribution is 2.43. The highest BCUT2D eigenvalue weighted by atomic mass is 16.7. The Balaban J connectivity index is 1.06. The zero-order valence-electron chi connectivity index (χ0n) is 28.9. The summed E-state index contributed by atoms with van der Waals surface area (Å²) in [6.45, 7) is 7.01. The van der Waals surface area contributed by atoms with E-state index in [4.69, 9.17) is 9.83 Å². The number of amides is 2. The predicted octanol–water partition coefficient (Wildman–Crippen LogP) is 7.97. The molecule has 0 aromatic heterocycles. The third-order valence-electron chi connectivity index (χ3n) is 9.11. The van der Waals surface area contributed by atoms with Gasteiger partial charge < -0.3 is 19.5 Å². The van der Waals surface area contributed by atoms with Crippen molar-refractivity contribution in [2.24, 2.45) is 15.2 Å². The van der Waals surface area contributed by atoms with Crippen LogP contribution in [0.15, 0.2) is 112 Å². The summed E-state index contributed by atoms with van der Waals surface area (Å²) in [6, 6.07) is 24.7. The van der Waals surface area contributed by atoms with Crippen LogP contribution in [0.1, 0.15) is 52.4 Å². The van der Waals surface area contributed by atoms with Gasteiger partial charge in [0.15, 0.2) is 0 Å². The van der Waals surface area contributed by atoms with Crippen LogP contribution in [0.25, 0.3) is 0 Å². The van der Waals surface area contributed by atoms with Gasteiger partial charge in [-0.3, -0.25) is 9.59 Å². The fourth-order valence-electron chi connectivity index (χ4n) is 6.33. The van der Waals surface area contributed by atoms with E-state index >= 15 is 0 Å². The van der Waals surface area contributed by atoms with Crippen LogP contribution in [-0.4, -0.2) is 61.3 Å². The van der Waals surface area contributed by atoms with Crippen molar-refractivity contribution in [2.75, 3.05) is 41.4 Å². The van der Waals surface area contributed by atoms with Crippen LogP contribution in [-0.2, 0) is 19.2 Å². The largest absolute Gasteiger partial charge is 0.375 e. The molecule has 1 aliphatic carbocycles. The third-order valence-corrected chi connectivity index (χ3v) is 9.11. The Morgan fingerprint density at radius 2 is 1.60 bits per heavy atom. The lowest BCUT2D eigenvalue weighted by molar-refractivity contribution is -0.197. The molecule has 1 atom stereocenters. The summed E-state index contributed by atoms with van der Waals surface area (Å²) in [5.74, 6) is -1.47. The molecule has 11 heteroatoms. The lowest BCUT2D eigenvalue weighted by Crippen LogP contribution is -2.39. The molecule has 2 aliphatic heterocycles. The molecular weight excluding hydrogens is 630 g/mol. The number of aliphatic imine (C=N–C) groups is 1. The van der Waals surface area contributed by atoms with E-state index in [1.807, 2.05) is 49.5 Å². The molecule has 3 aliphatic rings. The van der Waals surface area contributed by atoms with E-state index in [1.165, 1.54) is 5.69 Å². The average molecular weight is 674 g/mol. The van der Waals surface area contributed by atoms with Crippen LogP contribution in [0.2, 0.25) is 0 Å². The van der Waals surface area contributed by atoms with E-state index in [2.05, 4.69) is 87.3 Å². The number of imide groups is 1.